The fraction of sp³-hybridized carbons (Fsp3) is 0.312. The third-order valence-corrected chi connectivity index (χ3v) is 3.45. The average Bonchev–Trinajstić information content (AvgIpc) is 2.96. The highest BCUT2D eigenvalue weighted by Crippen LogP contribution is 2.20. The molecule has 2 amide bonds. The summed E-state index contributed by atoms with van der Waals surface area (Å²) in [6.45, 7) is 1.69. The van der Waals surface area contributed by atoms with Crippen LogP contribution in [0.3, 0.4) is 0 Å². The van der Waals surface area contributed by atoms with Crippen molar-refractivity contribution in [2.45, 2.75) is 25.8 Å². The number of rotatable bonds is 4. The van der Waals surface area contributed by atoms with Gasteiger partial charge in [-0.2, -0.15) is 0 Å². The summed E-state index contributed by atoms with van der Waals surface area (Å²) in [4.78, 5) is 36.4. The van der Waals surface area contributed by atoms with Crippen molar-refractivity contribution < 1.29 is 19.5 Å². The van der Waals surface area contributed by atoms with Crippen LogP contribution in [-0.2, 0) is 14.4 Å². The van der Waals surface area contributed by atoms with Crippen LogP contribution in [0.2, 0.25) is 0 Å². The zero-order valence-electron chi connectivity index (χ0n) is 12.3. The van der Waals surface area contributed by atoms with E-state index >= 15 is 0 Å². The quantitative estimate of drug-likeness (QED) is 0.819. The maximum absolute atomic E-state index is 12.6. The molecule has 1 aromatic carbocycles. The van der Waals surface area contributed by atoms with E-state index in [0.717, 1.165) is 5.56 Å². The predicted molar refractivity (Wildman–Crippen MR) is 80.6 cm³/mol. The Bertz CT molecular complexity index is 610. The number of hydrogen-bond donors (Lipinski definition) is 2. The lowest BCUT2D eigenvalue weighted by atomic mass is 10.1. The number of hydrogen-bond acceptors (Lipinski definition) is 3. The van der Waals surface area contributed by atoms with E-state index in [-0.39, 0.29) is 11.6 Å². The fourth-order valence-corrected chi connectivity index (χ4v) is 2.48. The first-order valence-electron chi connectivity index (χ1n) is 7.07. The molecule has 0 bridgehead atoms. The number of likely N-dealkylation sites (tertiary alicyclic amines) is 1. The molecule has 1 unspecified atom stereocenters. The van der Waals surface area contributed by atoms with E-state index in [4.69, 9.17) is 0 Å². The average molecular weight is 302 g/mol. The first kappa shape index (κ1) is 15.8. The third kappa shape index (κ3) is 3.72. The van der Waals surface area contributed by atoms with Gasteiger partial charge in [-0.15, -0.1) is 0 Å². The van der Waals surface area contributed by atoms with Gasteiger partial charge in [-0.3, -0.25) is 9.59 Å². The molecule has 0 aromatic heterocycles. The number of carboxylic acids is 1. The summed E-state index contributed by atoms with van der Waals surface area (Å²) in [6.07, 6.45) is 2.63. The molecule has 2 N–H and O–H groups in total. The van der Waals surface area contributed by atoms with Crippen LogP contribution in [0.1, 0.15) is 25.3 Å². The smallest absolute Gasteiger partial charge is 0.326 e. The number of amides is 2. The number of carbonyl (C=O) groups excluding carboxylic acids is 2. The van der Waals surface area contributed by atoms with Gasteiger partial charge in [0.1, 0.15) is 11.7 Å². The molecule has 1 fully saturated rings. The van der Waals surface area contributed by atoms with E-state index in [1.165, 1.54) is 11.8 Å². The van der Waals surface area contributed by atoms with Crippen LogP contribution in [0.25, 0.3) is 6.08 Å². The standard InChI is InChI=1S/C16H18N2O4/c1-11(19)17-13(10-12-6-3-2-4-7-12)15(20)18-9-5-8-14(18)16(21)22/h2-4,6-7,10,14H,5,8-9H2,1H3,(H,17,19)(H,21,22)/b13-10-. The second kappa shape index (κ2) is 6.89. The van der Waals surface area contributed by atoms with Gasteiger partial charge in [-0.05, 0) is 24.5 Å². The van der Waals surface area contributed by atoms with Crippen LogP contribution in [0.15, 0.2) is 36.0 Å². The highest BCUT2D eigenvalue weighted by molar-refractivity contribution is 6.02. The van der Waals surface area contributed by atoms with Gasteiger partial charge in [0.15, 0.2) is 0 Å². The van der Waals surface area contributed by atoms with Gasteiger partial charge in [-0.25, -0.2) is 4.79 Å². The summed E-state index contributed by atoms with van der Waals surface area (Å²) < 4.78 is 0. The lowest BCUT2D eigenvalue weighted by Gasteiger charge is -2.23. The van der Waals surface area contributed by atoms with Crippen molar-refractivity contribution in [3.8, 4) is 0 Å². The topological polar surface area (TPSA) is 86.7 Å². The highest BCUT2D eigenvalue weighted by Gasteiger charge is 2.35. The van der Waals surface area contributed by atoms with E-state index < -0.39 is 17.9 Å². The summed E-state index contributed by atoms with van der Waals surface area (Å²) in [7, 11) is 0. The normalized spacial score (nSPS) is 18.1. The Hall–Kier alpha value is -2.63. The van der Waals surface area contributed by atoms with Crippen molar-refractivity contribution in [1.29, 1.82) is 0 Å². The number of carbonyl (C=O) groups is 3. The van der Waals surface area contributed by atoms with Gasteiger partial charge < -0.3 is 15.3 Å². The number of carboxylic acid groups (broad SMARTS) is 1. The largest absolute Gasteiger partial charge is 0.480 e. The lowest BCUT2D eigenvalue weighted by molar-refractivity contribution is -0.147. The molecule has 1 atom stereocenters. The minimum atomic E-state index is -1.02. The van der Waals surface area contributed by atoms with Gasteiger partial charge in [0.25, 0.3) is 5.91 Å². The lowest BCUT2D eigenvalue weighted by Crippen LogP contribution is -2.44. The maximum Gasteiger partial charge on any atom is 0.326 e. The zero-order valence-corrected chi connectivity index (χ0v) is 12.3. The van der Waals surface area contributed by atoms with Gasteiger partial charge in [0, 0.05) is 13.5 Å². The van der Waals surface area contributed by atoms with Gasteiger partial charge in [-0.1, -0.05) is 30.3 Å². The van der Waals surface area contributed by atoms with E-state index in [9.17, 15) is 19.5 Å². The summed E-state index contributed by atoms with van der Waals surface area (Å²) in [5.74, 6) is -1.86. The van der Waals surface area contributed by atoms with Gasteiger partial charge in [0.05, 0.1) is 0 Å². The van der Waals surface area contributed by atoms with Gasteiger partial charge in [0.2, 0.25) is 5.91 Å². The maximum atomic E-state index is 12.6. The summed E-state index contributed by atoms with van der Waals surface area (Å²) in [6, 6.07) is 8.25. The molecular formula is C16H18N2O4. The molecule has 6 heteroatoms. The summed E-state index contributed by atoms with van der Waals surface area (Å²) in [5.41, 5.74) is 0.845. The molecule has 1 aliphatic rings. The van der Waals surface area contributed by atoms with E-state index in [2.05, 4.69) is 5.32 Å². The van der Waals surface area contributed by atoms with Crippen LogP contribution in [0.4, 0.5) is 0 Å². The monoisotopic (exact) mass is 302 g/mol. The highest BCUT2D eigenvalue weighted by atomic mass is 16.4. The van der Waals surface area contributed by atoms with E-state index in [1.807, 2.05) is 18.2 Å². The molecular weight excluding hydrogens is 284 g/mol. The van der Waals surface area contributed by atoms with Crippen molar-refractivity contribution in [2.24, 2.45) is 0 Å². The minimum absolute atomic E-state index is 0.0897. The third-order valence-electron chi connectivity index (χ3n) is 3.45. The minimum Gasteiger partial charge on any atom is -0.480 e. The molecule has 1 saturated heterocycles. The second-order valence-corrected chi connectivity index (χ2v) is 5.14. The predicted octanol–water partition coefficient (Wildman–Crippen LogP) is 1.24. The number of nitrogens with zero attached hydrogens (tertiary/aromatic N) is 1. The fourth-order valence-electron chi connectivity index (χ4n) is 2.48. The SMILES string of the molecule is CC(=O)N/C(=C\c1ccccc1)C(=O)N1CCCC1C(=O)O. The Kier molecular flexibility index (Phi) is 4.93. The Morgan fingerprint density at radius 2 is 1.95 bits per heavy atom. The molecule has 0 spiro atoms. The summed E-state index contributed by atoms with van der Waals surface area (Å²) in [5, 5.41) is 11.7. The van der Waals surface area contributed by atoms with Crippen molar-refractivity contribution in [3.05, 3.63) is 41.6 Å². The molecule has 0 radical (unpaired) electrons. The van der Waals surface area contributed by atoms with Crippen molar-refractivity contribution >= 4 is 23.9 Å². The molecule has 6 nitrogen and oxygen atoms in total. The van der Waals surface area contributed by atoms with E-state index in [0.29, 0.717) is 19.4 Å². The summed E-state index contributed by atoms with van der Waals surface area (Å²) >= 11 is 0. The van der Waals surface area contributed by atoms with Crippen LogP contribution >= 0.6 is 0 Å². The molecule has 22 heavy (non-hydrogen) atoms. The Morgan fingerprint density at radius 1 is 1.27 bits per heavy atom. The number of aliphatic carboxylic acids is 1. The first-order chi connectivity index (χ1) is 10.5. The molecule has 1 aliphatic heterocycles. The van der Waals surface area contributed by atoms with E-state index in [1.54, 1.807) is 18.2 Å². The second-order valence-electron chi connectivity index (χ2n) is 5.14. The Morgan fingerprint density at radius 3 is 2.55 bits per heavy atom. The molecule has 0 saturated carbocycles. The first-order valence-corrected chi connectivity index (χ1v) is 7.07. The van der Waals surface area contributed by atoms with Crippen LogP contribution < -0.4 is 5.32 Å². The van der Waals surface area contributed by atoms with Crippen LogP contribution in [0, 0.1) is 0 Å². The molecule has 2 rings (SSSR count). The van der Waals surface area contributed by atoms with Gasteiger partial charge >= 0.3 is 5.97 Å². The van der Waals surface area contributed by atoms with Crippen molar-refractivity contribution in [2.75, 3.05) is 6.54 Å². The zero-order chi connectivity index (χ0) is 16.1. The molecule has 116 valence electrons. The van der Waals surface area contributed by atoms with Crippen molar-refractivity contribution in [1.82, 2.24) is 10.2 Å². The Balaban J connectivity index is 2.29. The molecule has 1 aromatic rings. The number of nitrogens with one attached hydrogen (secondary N) is 1. The van der Waals surface area contributed by atoms with Crippen LogP contribution in [-0.4, -0.2) is 40.4 Å². The Labute approximate surface area is 128 Å². The van der Waals surface area contributed by atoms with Crippen molar-refractivity contribution in [3.63, 3.8) is 0 Å². The number of benzene rings is 1. The molecule has 0 aliphatic carbocycles. The molecule has 1 heterocycles. The van der Waals surface area contributed by atoms with Crippen LogP contribution in [0.5, 0.6) is 0 Å².